The molecule has 37 heavy (non-hydrogen) atoms. The number of aliphatic hydroxyl groups excluding tert-OH is 1. The summed E-state index contributed by atoms with van der Waals surface area (Å²) >= 11 is 0. The van der Waals surface area contributed by atoms with E-state index in [1.54, 1.807) is 19.1 Å². The fourth-order valence-corrected chi connectivity index (χ4v) is 4.38. The quantitative estimate of drug-likeness (QED) is 0.337. The first-order valence-electron chi connectivity index (χ1n) is 12.5. The van der Waals surface area contributed by atoms with E-state index in [0.29, 0.717) is 29.7 Å². The van der Waals surface area contributed by atoms with Gasteiger partial charge in [0.1, 0.15) is 17.5 Å². The Balaban J connectivity index is 1.48. The number of amides is 1. The van der Waals surface area contributed by atoms with Crippen molar-refractivity contribution < 1.29 is 14.6 Å². The van der Waals surface area contributed by atoms with Gasteiger partial charge in [-0.15, -0.1) is 0 Å². The van der Waals surface area contributed by atoms with E-state index in [0.717, 1.165) is 28.0 Å². The minimum atomic E-state index is -0.581. The molecule has 0 fully saturated rings. The molecular formula is C30H32N4O3. The molecule has 7 nitrogen and oxygen atoms in total. The zero-order chi connectivity index (χ0) is 26.5. The van der Waals surface area contributed by atoms with E-state index in [9.17, 15) is 15.2 Å². The molecule has 0 saturated carbocycles. The molecule has 0 aliphatic carbocycles. The number of aliphatic hydroxyl groups is 1. The summed E-state index contributed by atoms with van der Waals surface area (Å²) in [6.07, 6.45) is 4.30. The van der Waals surface area contributed by atoms with Crippen LogP contribution in [0.2, 0.25) is 0 Å². The van der Waals surface area contributed by atoms with Crippen molar-refractivity contribution >= 4 is 11.6 Å². The number of benzene rings is 2. The van der Waals surface area contributed by atoms with Crippen LogP contribution in [0.25, 0.3) is 16.9 Å². The SMILES string of the molecule is Cc1cccn2cc(-c3ccc(C[C@@H](C[C@@H](C)O)NC(=O)c4ccc(OC(C)C)c(C#N)c4)cc3)nc12. The smallest absolute Gasteiger partial charge is 0.251 e. The number of nitriles is 1. The third-order valence-electron chi connectivity index (χ3n) is 6.10. The summed E-state index contributed by atoms with van der Waals surface area (Å²) in [5.41, 5.74) is 5.68. The fraction of sp³-hybridized carbons (Fsp3) is 0.300. The molecule has 2 heterocycles. The molecule has 0 aliphatic rings. The van der Waals surface area contributed by atoms with Crippen LogP contribution in [0.3, 0.4) is 0 Å². The number of ether oxygens (including phenoxy) is 1. The highest BCUT2D eigenvalue weighted by Gasteiger charge is 2.18. The minimum Gasteiger partial charge on any atom is -0.490 e. The topological polar surface area (TPSA) is 99.6 Å². The second-order valence-electron chi connectivity index (χ2n) is 9.69. The molecule has 0 radical (unpaired) electrons. The number of imidazole rings is 1. The van der Waals surface area contributed by atoms with Gasteiger partial charge in [0, 0.05) is 29.6 Å². The van der Waals surface area contributed by atoms with Crippen molar-refractivity contribution in [1.82, 2.24) is 14.7 Å². The molecule has 2 aromatic heterocycles. The maximum Gasteiger partial charge on any atom is 0.251 e. The van der Waals surface area contributed by atoms with Gasteiger partial charge in [0.15, 0.2) is 0 Å². The van der Waals surface area contributed by atoms with Crippen molar-refractivity contribution in [3.63, 3.8) is 0 Å². The number of nitrogens with zero attached hydrogens (tertiary/aromatic N) is 3. The molecule has 0 unspecified atom stereocenters. The van der Waals surface area contributed by atoms with Gasteiger partial charge in [-0.3, -0.25) is 4.79 Å². The first-order valence-corrected chi connectivity index (χ1v) is 12.5. The maximum absolute atomic E-state index is 13.0. The third kappa shape index (κ3) is 6.35. The Bertz CT molecular complexity index is 1430. The van der Waals surface area contributed by atoms with Gasteiger partial charge in [-0.1, -0.05) is 30.3 Å². The summed E-state index contributed by atoms with van der Waals surface area (Å²) in [5, 5.41) is 22.6. The number of rotatable bonds is 9. The Morgan fingerprint density at radius 2 is 1.92 bits per heavy atom. The van der Waals surface area contributed by atoms with Gasteiger partial charge in [-0.2, -0.15) is 5.26 Å². The lowest BCUT2D eigenvalue weighted by molar-refractivity contribution is 0.0917. The van der Waals surface area contributed by atoms with Gasteiger partial charge in [0.05, 0.1) is 23.5 Å². The first kappa shape index (κ1) is 25.9. The number of aromatic nitrogens is 2. The Hall–Kier alpha value is -4.15. The molecule has 0 bridgehead atoms. The van der Waals surface area contributed by atoms with Crippen molar-refractivity contribution in [3.05, 3.63) is 89.2 Å². The number of hydrogen-bond acceptors (Lipinski definition) is 5. The van der Waals surface area contributed by atoms with Crippen molar-refractivity contribution in [2.45, 2.75) is 58.8 Å². The van der Waals surface area contributed by atoms with E-state index in [-0.39, 0.29) is 18.1 Å². The summed E-state index contributed by atoms with van der Waals surface area (Å²) in [5.74, 6) is 0.158. The molecule has 190 valence electrons. The molecule has 2 N–H and O–H groups in total. The predicted molar refractivity (Wildman–Crippen MR) is 144 cm³/mol. The molecule has 2 aromatic carbocycles. The zero-order valence-electron chi connectivity index (χ0n) is 21.6. The standard InChI is InChI=1S/C30H32N4O3/c1-19(2)37-28-12-11-24(16-25(28)17-31)30(36)32-26(14-21(4)35)15-22-7-9-23(10-8-22)27-18-34-13-5-6-20(3)29(34)33-27/h5-13,16,18-19,21,26,35H,14-15H2,1-4H3,(H,32,36)/t21-,26-/m1/s1. The predicted octanol–water partition coefficient (Wildman–Crippen LogP) is 5.08. The van der Waals surface area contributed by atoms with Gasteiger partial charge in [0.2, 0.25) is 0 Å². The lowest BCUT2D eigenvalue weighted by Crippen LogP contribution is -2.38. The fourth-order valence-electron chi connectivity index (χ4n) is 4.38. The van der Waals surface area contributed by atoms with E-state index >= 15 is 0 Å². The van der Waals surface area contributed by atoms with Crippen molar-refractivity contribution in [3.8, 4) is 23.1 Å². The summed E-state index contributed by atoms with van der Waals surface area (Å²) in [6, 6.07) is 18.8. The number of pyridine rings is 1. The van der Waals surface area contributed by atoms with Crippen molar-refractivity contribution in [2.75, 3.05) is 0 Å². The van der Waals surface area contributed by atoms with Crippen LogP contribution in [0.4, 0.5) is 0 Å². The molecule has 4 aromatic rings. The average Bonchev–Trinajstić information content (AvgIpc) is 3.30. The van der Waals surface area contributed by atoms with Crippen molar-refractivity contribution in [1.29, 1.82) is 5.26 Å². The molecule has 1 amide bonds. The van der Waals surface area contributed by atoms with Gasteiger partial charge in [0.25, 0.3) is 5.91 Å². The Morgan fingerprint density at radius 1 is 1.16 bits per heavy atom. The molecular weight excluding hydrogens is 464 g/mol. The highest BCUT2D eigenvalue weighted by atomic mass is 16.5. The number of carbonyl (C=O) groups is 1. The highest BCUT2D eigenvalue weighted by Crippen LogP contribution is 2.23. The summed E-state index contributed by atoms with van der Waals surface area (Å²) < 4.78 is 7.67. The Kier molecular flexibility index (Phi) is 7.90. The molecule has 0 spiro atoms. The lowest BCUT2D eigenvalue weighted by atomic mass is 9.99. The minimum absolute atomic E-state index is 0.0783. The van der Waals surface area contributed by atoms with Crippen LogP contribution in [0, 0.1) is 18.3 Å². The summed E-state index contributed by atoms with van der Waals surface area (Å²) in [7, 11) is 0. The zero-order valence-corrected chi connectivity index (χ0v) is 21.6. The lowest BCUT2D eigenvalue weighted by Gasteiger charge is -2.21. The Labute approximate surface area is 217 Å². The van der Waals surface area contributed by atoms with Gasteiger partial charge in [-0.05, 0) is 75.9 Å². The van der Waals surface area contributed by atoms with Crippen molar-refractivity contribution in [2.24, 2.45) is 0 Å². The first-order chi connectivity index (χ1) is 17.7. The van der Waals surface area contributed by atoms with Crippen LogP contribution < -0.4 is 10.1 Å². The van der Waals surface area contributed by atoms with E-state index < -0.39 is 6.10 Å². The number of hydrogen-bond donors (Lipinski definition) is 2. The van der Waals surface area contributed by atoms with E-state index in [1.807, 2.05) is 74.0 Å². The van der Waals surface area contributed by atoms with Crippen LogP contribution in [-0.2, 0) is 6.42 Å². The highest BCUT2D eigenvalue weighted by molar-refractivity contribution is 5.95. The van der Waals surface area contributed by atoms with Gasteiger partial charge in [-0.25, -0.2) is 4.98 Å². The second-order valence-corrected chi connectivity index (χ2v) is 9.69. The van der Waals surface area contributed by atoms with Crippen LogP contribution in [0.1, 0.15) is 54.2 Å². The van der Waals surface area contributed by atoms with Gasteiger partial charge >= 0.3 is 0 Å². The molecule has 2 atom stereocenters. The number of aryl methyl sites for hydroxylation is 1. The number of nitrogens with one attached hydrogen (secondary N) is 1. The van der Waals surface area contributed by atoms with Gasteiger partial charge < -0.3 is 19.6 Å². The van der Waals surface area contributed by atoms with E-state index in [4.69, 9.17) is 9.72 Å². The van der Waals surface area contributed by atoms with Crippen LogP contribution in [0.5, 0.6) is 5.75 Å². The number of carbonyl (C=O) groups excluding carboxylic acids is 1. The second kappa shape index (κ2) is 11.3. The molecule has 0 saturated heterocycles. The largest absolute Gasteiger partial charge is 0.490 e. The molecule has 4 rings (SSSR count). The average molecular weight is 497 g/mol. The van der Waals surface area contributed by atoms with E-state index in [1.165, 1.54) is 6.07 Å². The Morgan fingerprint density at radius 3 is 2.57 bits per heavy atom. The van der Waals surface area contributed by atoms with Crippen LogP contribution in [-0.4, -0.2) is 38.6 Å². The summed E-state index contributed by atoms with van der Waals surface area (Å²) in [4.78, 5) is 17.8. The van der Waals surface area contributed by atoms with Crippen LogP contribution in [0.15, 0.2) is 67.0 Å². The summed E-state index contributed by atoms with van der Waals surface area (Å²) in [6.45, 7) is 7.51. The van der Waals surface area contributed by atoms with Crippen LogP contribution >= 0.6 is 0 Å². The number of fused-ring (bicyclic) bond motifs is 1. The van der Waals surface area contributed by atoms with E-state index in [2.05, 4.69) is 11.4 Å². The molecule has 0 aliphatic heterocycles. The third-order valence-corrected chi connectivity index (χ3v) is 6.10. The normalized spacial score (nSPS) is 12.8. The monoisotopic (exact) mass is 496 g/mol. The maximum atomic E-state index is 13.0. The molecule has 7 heteroatoms.